The third kappa shape index (κ3) is 4.25. The quantitative estimate of drug-likeness (QED) is 0.457. The largest absolute Gasteiger partial charge is 0.435 e. The highest BCUT2D eigenvalue weighted by molar-refractivity contribution is 5.75. The van der Waals surface area contributed by atoms with E-state index in [1.54, 1.807) is 12.1 Å². The van der Waals surface area contributed by atoms with Crippen LogP contribution in [0.2, 0.25) is 0 Å². The highest BCUT2D eigenvalue weighted by Gasteiger charge is 2.30. The predicted octanol–water partition coefficient (Wildman–Crippen LogP) is 7.07. The number of fused-ring (bicyclic) bond motifs is 1. The van der Waals surface area contributed by atoms with Crippen LogP contribution in [0.15, 0.2) is 66.7 Å². The zero-order valence-electron chi connectivity index (χ0n) is 15.7. The van der Waals surface area contributed by atoms with Gasteiger partial charge in [0.05, 0.1) is 11.6 Å². The molecule has 0 aromatic heterocycles. The highest BCUT2D eigenvalue weighted by Crippen LogP contribution is 2.39. The van der Waals surface area contributed by atoms with Gasteiger partial charge in [-0.3, -0.25) is 0 Å². The van der Waals surface area contributed by atoms with Crippen molar-refractivity contribution < 1.29 is 26.7 Å². The van der Waals surface area contributed by atoms with Crippen LogP contribution in [0.25, 0.3) is 11.1 Å². The van der Waals surface area contributed by atoms with E-state index in [1.807, 2.05) is 24.3 Å². The Bertz CT molecular complexity index is 1030. The van der Waals surface area contributed by atoms with Gasteiger partial charge >= 0.3 is 12.8 Å². The lowest BCUT2D eigenvalue weighted by atomic mass is 9.88. The minimum absolute atomic E-state index is 0.0819. The third-order valence-electron chi connectivity index (χ3n) is 5.20. The Morgan fingerprint density at radius 2 is 1.67 bits per heavy atom. The molecule has 7 heteroatoms. The number of hydrogen-bond acceptors (Lipinski definition) is 2. The van der Waals surface area contributed by atoms with Gasteiger partial charge in [-0.25, -0.2) is 0 Å². The van der Waals surface area contributed by atoms with Gasteiger partial charge in [-0.05, 0) is 65.4 Å². The molecule has 3 aromatic rings. The smallest absolute Gasteiger partial charge is 0.416 e. The number of hydrogen-bond donors (Lipinski definition) is 1. The number of rotatable bonds is 4. The van der Waals surface area contributed by atoms with Crippen molar-refractivity contribution in [2.24, 2.45) is 0 Å². The van der Waals surface area contributed by atoms with E-state index >= 15 is 0 Å². The molecule has 1 heterocycles. The molecule has 0 aliphatic carbocycles. The molecule has 4 rings (SSSR count). The molecular formula is C23H18F5NO. The third-order valence-corrected chi connectivity index (χ3v) is 5.20. The van der Waals surface area contributed by atoms with E-state index in [9.17, 15) is 22.0 Å². The number of benzene rings is 3. The minimum Gasteiger partial charge on any atom is -0.435 e. The molecule has 1 atom stereocenters. The molecule has 1 aliphatic heterocycles. The second kappa shape index (κ2) is 7.97. The van der Waals surface area contributed by atoms with E-state index in [-0.39, 0.29) is 11.8 Å². The first kappa shape index (κ1) is 20.2. The lowest BCUT2D eigenvalue weighted by Crippen LogP contribution is -2.18. The summed E-state index contributed by atoms with van der Waals surface area (Å²) >= 11 is 0. The number of nitrogens with one attached hydrogen (secondary N) is 1. The molecule has 0 radical (unpaired) electrons. The van der Waals surface area contributed by atoms with Crippen molar-refractivity contribution in [2.45, 2.75) is 31.7 Å². The molecule has 0 saturated carbocycles. The first-order valence-corrected chi connectivity index (χ1v) is 9.42. The summed E-state index contributed by atoms with van der Waals surface area (Å²) in [6.45, 7) is -2.88. The highest BCUT2D eigenvalue weighted by atomic mass is 19.4. The van der Waals surface area contributed by atoms with Gasteiger partial charge in [0.25, 0.3) is 0 Å². The summed E-state index contributed by atoms with van der Waals surface area (Å²) in [4.78, 5) is 0. The van der Waals surface area contributed by atoms with E-state index in [0.29, 0.717) is 18.4 Å². The zero-order chi connectivity index (χ0) is 21.3. The Hall–Kier alpha value is -3.09. The molecule has 1 N–H and O–H groups in total. The summed E-state index contributed by atoms with van der Waals surface area (Å²) in [5.74, 6) is 0.105. The van der Waals surface area contributed by atoms with Crippen molar-refractivity contribution in [1.29, 1.82) is 0 Å². The van der Waals surface area contributed by atoms with Crippen LogP contribution in [-0.2, 0) is 12.6 Å². The van der Waals surface area contributed by atoms with Crippen molar-refractivity contribution in [2.75, 3.05) is 5.32 Å². The Labute approximate surface area is 170 Å². The lowest BCUT2D eigenvalue weighted by molar-refractivity contribution is -0.137. The van der Waals surface area contributed by atoms with Crippen LogP contribution in [0.3, 0.4) is 0 Å². The van der Waals surface area contributed by atoms with Crippen LogP contribution in [0.4, 0.5) is 27.6 Å². The maximum absolute atomic E-state index is 12.8. The summed E-state index contributed by atoms with van der Waals surface area (Å²) in [7, 11) is 0. The molecule has 0 amide bonds. The van der Waals surface area contributed by atoms with E-state index < -0.39 is 18.4 Å². The predicted molar refractivity (Wildman–Crippen MR) is 105 cm³/mol. The van der Waals surface area contributed by atoms with Crippen LogP contribution >= 0.6 is 0 Å². The van der Waals surface area contributed by atoms with Crippen molar-refractivity contribution >= 4 is 5.69 Å². The Morgan fingerprint density at radius 1 is 0.933 bits per heavy atom. The fourth-order valence-electron chi connectivity index (χ4n) is 3.81. The van der Waals surface area contributed by atoms with Gasteiger partial charge in [0.1, 0.15) is 5.75 Å². The van der Waals surface area contributed by atoms with Crippen LogP contribution in [0, 0.1) is 0 Å². The normalized spacial score (nSPS) is 16.1. The number of ether oxygens (including phenoxy) is 1. The first-order chi connectivity index (χ1) is 14.3. The lowest BCUT2D eigenvalue weighted by Gasteiger charge is -2.29. The molecule has 3 aromatic carbocycles. The fourth-order valence-corrected chi connectivity index (χ4v) is 3.81. The van der Waals surface area contributed by atoms with E-state index in [1.165, 1.54) is 18.2 Å². The molecule has 156 valence electrons. The molecule has 30 heavy (non-hydrogen) atoms. The maximum atomic E-state index is 12.8. The second-order valence-corrected chi connectivity index (χ2v) is 7.09. The SMILES string of the molecule is FC(F)Oc1cccc(C2CCc3c(cccc3-c3ccc(C(F)(F)F)cc3)N2)c1. The van der Waals surface area contributed by atoms with Crippen LogP contribution in [0.5, 0.6) is 5.75 Å². The van der Waals surface area contributed by atoms with E-state index in [2.05, 4.69) is 10.1 Å². The van der Waals surface area contributed by atoms with Gasteiger partial charge in [-0.2, -0.15) is 22.0 Å². The summed E-state index contributed by atoms with van der Waals surface area (Å²) in [5.41, 5.74) is 3.64. The van der Waals surface area contributed by atoms with Gasteiger partial charge in [-0.1, -0.05) is 36.4 Å². The monoisotopic (exact) mass is 419 g/mol. The Morgan fingerprint density at radius 3 is 2.37 bits per heavy atom. The number of alkyl halides is 5. The topological polar surface area (TPSA) is 21.3 Å². The molecule has 0 saturated heterocycles. The minimum atomic E-state index is -4.37. The summed E-state index contributed by atoms with van der Waals surface area (Å²) in [6, 6.07) is 17.3. The van der Waals surface area contributed by atoms with Crippen LogP contribution in [0.1, 0.15) is 29.2 Å². The summed E-state index contributed by atoms with van der Waals surface area (Å²) < 4.78 is 68.0. The fraction of sp³-hybridized carbons (Fsp3) is 0.217. The molecule has 0 bridgehead atoms. The summed E-state index contributed by atoms with van der Waals surface area (Å²) in [6.07, 6.45) is -2.96. The Balaban J connectivity index is 1.59. The van der Waals surface area contributed by atoms with Crippen LogP contribution in [-0.4, -0.2) is 6.61 Å². The van der Waals surface area contributed by atoms with Gasteiger partial charge < -0.3 is 10.1 Å². The van der Waals surface area contributed by atoms with Gasteiger partial charge in [0.2, 0.25) is 0 Å². The molecule has 0 fully saturated rings. The second-order valence-electron chi connectivity index (χ2n) is 7.09. The molecular weight excluding hydrogens is 401 g/mol. The first-order valence-electron chi connectivity index (χ1n) is 9.42. The van der Waals surface area contributed by atoms with E-state index in [4.69, 9.17) is 0 Å². The van der Waals surface area contributed by atoms with Gasteiger partial charge in [0.15, 0.2) is 0 Å². The van der Waals surface area contributed by atoms with Crippen molar-refractivity contribution in [3.05, 3.63) is 83.4 Å². The van der Waals surface area contributed by atoms with Gasteiger partial charge in [0, 0.05) is 5.69 Å². The standard InChI is InChI=1S/C23H18F5NO/c24-22(25)30-17-4-1-3-15(13-17)20-12-11-19-18(5-2-6-21(19)29-20)14-7-9-16(10-8-14)23(26,27)28/h1-10,13,20,22,29H,11-12H2. The van der Waals surface area contributed by atoms with Crippen molar-refractivity contribution in [1.82, 2.24) is 0 Å². The average Bonchev–Trinajstić information content (AvgIpc) is 2.72. The number of halogens is 5. The van der Waals surface area contributed by atoms with Crippen molar-refractivity contribution in [3.63, 3.8) is 0 Å². The Kier molecular flexibility index (Phi) is 5.37. The van der Waals surface area contributed by atoms with Gasteiger partial charge in [-0.15, -0.1) is 0 Å². The molecule has 0 spiro atoms. The number of anilines is 1. The van der Waals surface area contributed by atoms with Crippen molar-refractivity contribution in [3.8, 4) is 16.9 Å². The summed E-state index contributed by atoms with van der Waals surface area (Å²) in [5, 5.41) is 3.42. The maximum Gasteiger partial charge on any atom is 0.416 e. The molecule has 2 nitrogen and oxygen atoms in total. The van der Waals surface area contributed by atoms with Crippen LogP contribution < -0.4 is 10.1 Å². The average molecular weight is 419 g/mol. The molecule has 1 aliphatic rings. The zero-order valence-corrected chi connectivity index (χ0v) is 15.7. The molecule has 1 unspecified atom stereocenters. The van der Waals surface area contributed by atoms with E-state index in [0.717, 1.165) is 34.5 Å².